The number of ether oxygens (including phenoxy) is 1. The van der Waals surface area contributed by atoms with Crippen LogP contribution >= 0.6 is 23.2 Å². The van der Waals surface area contributed by atoms with Crippen molar-refractivity contribution in [3.8, 4) is 11.5 Å². The van der Waals surface area contributed by atoms with E-state index >= 15 is 0 Å². The first kappa shape index (κ1) is 32.2. The number of methoxy groups -OCH3 is 1. The van der Waals surface area contributed by atoms with Crippen LogP contribution in [0.15, 0.2) is 42.0 Å². The summed E-state index contributed by atoms with van der Waals surface area (Å²) in [4.78, 5) is 76.4. The Labute approximate surface area is 276 Å². The van der Waals surface area contributed by atoms with E-state index in [4.69, 9.17) is 27.9 Å². The summed E-state index contributed by atoms with van der Waals surface area (Å²) in [5, 5.41) is 35.3. The smallest absolute Gasteiger partial charge is 0.301 e. The van der Waals surface area contributed by atoms with Crippen LogP contribution in [0, 0.1) is 38.0 Å². The summed E-state index contributed by atoms with van der Waals surface area (Å²) in [6, 6.07) is 6.39. The summed E-state index contributed by atoms with van der Waals surface area (Å²) in [7, 11) is 5.32. The Bertz CT molecular complexity index is 1830. The van der Waals surface area contributed by atoms with E-state index < -0.39 is 78.3 Å². The average Bonchev–Trinajstić information content (AvgIpc) is 3.35. The molecule has 4 aliphatic rings. The topological polar surface area (TPSA) is 194 Å². The zero-order valence-electron chi connectivity index (χ0n) is 25.3. The zero-order valence-corrected chi connectivity index (χ0v) is 26.8. The van der Waals surface area contributed by atoms with Crippen molar-refractivity contribution in [2.24, 2.45) is 17.8 Å². The minimum Gasteiger partial charge on any atom is -0.504 e. The number of halogens is 2. The van der Waals surface area contributed by atoms with Crippen LogP contribution in [0.3, 0.4) is 0 Å². The van der Waals surface area contributed by atoms with Crippen molar-refractivity contribution in [1.29, 1.82) is 0 Å². The molecule has 2 heterocycles. The number of imide groups is 2. The predicted molar refractivity (Wildman–Crippen MR) is 167 cm³/mol. The minimum atomic E-state index is -2.14. The van der Waals surface area contributed by atoms with Crippen LogP contribution in [-0.2, 0) is 19.2 Å². The summed E-state index contributed by atoms with van der Waals surface area (Å²) in [6.07, 6.45) is 1.26. The van der Waals surface area contributed by atoms with Crippen molar-refractivity contribution in [3.05, 3.63) is 67.8 Å². The molecule has 2 aliphatic carbocycles. The van der Waals surface area contributed by atoms with Crippen molar-refractivity contribution in [2.75, 3.05) is 38.1 Å². The average molecular weight is 688 g/mol. The molecule has 0 bridgehead atoms. The number of phenolic OH excluding ortho intramolecular Hbond substituents is 1. The van der Waals surface area contributed by atoms with E-state index in [0.717, 1.165) is 17.0 Å². The van der Waals surface area contributed by atoms with Gasteiger partial charge in [-0.05, 0) is 24.8 Å². The Balaban J connectivity index is 1.52. The van der Waals surface area contributed by atoms with Gasteiger partial charge >= 0.3 is 11.4 Å². The van der Waals surface area contributed by atoms with Crippen LogP contribution < -0.4 is 14.5 Å². The number of benzene rings is 2. The number of phenols is 1. The highest BCUT2D eigenvalue weighted by molar-refractivity contribution is 6.53. The first-order valence-electron chi connectivity index (χ1n) is 14.3. The standard InChI is InChI=1S/C30H27Cl2N5O10/c1-33(2)23-18(36(43)44)10-13(11-19(23)37(45)46)35-25(39)15-9-8-14-17(21(15)26(35)40)12-29(31)27(41)34(3)28(42)30(29,32)22(14)16-6-5-7-20(47-4)24(16)38/h5-8,10-11,15,17,21-22,38H,9,12H2,1-4H3. The molecule has 246 valence electrons. The normalized spacial score (nSPS) is 29.7. The number of nitrogens with zero attached hydrogens (tertiary/aromatic N) is 5. The van der Waals surface area contributed by atoms with Gasteiger partial charge in [0.1, 0.15) is 0 Å². The van der Waals surface area contributed by atoms with Crippen LogP contribution in [0.25, 0.3) is 0 Å². The fourth-order valence-electron chi connectivity index (χ4n) is 7.74. The van der Waals surface area contributed by atoms with Gasteiger partial charge in [-0.1, -0.05) is 23.8 Å². The van der Waals surface area contributed by atoms with Crippen molar-refractivity contribution in [2.45, 2.75) is 28.5 Å². The van der Waals surface area contributed by atoms with Gasteiger partial charge in [-0.3, -0.25) is 44.3 Å². The van der Waals surface area contributed by atoms with E-state index in [-0.39, 0.29) is 41.3 Å². The molecule has 15 nitrogen and oxygen atoms in total. The number of nitro groups is 2. The predicted octanol–water partition coefficient (Wildman–Crippen LogP) is 3.48. The zero-order chi connectivity index (χ0) is 34.5. The molecular formula is C30H27Cl2N5O10. The van der Waals surface area contributed by atoms with Crippen LogP contribution in [0.2, 0.25) is 0 Å². The summed E-state index contributed by atoms with van der Waals surface area (Å²) in [6.45, 7) is 0. The molecule has 0 aromatic heterocycles. The second-order valence-corrected chi connectivity index (χ2v) is 13.4. The molecule has 17 heteroatoms. The lowest BCUT2D eigenvalue weighted by molar-refractivity contribution is -0.392. The number of carbonyl (C=O) groups excluding carboxylic acids is 4. The highest BCUT2D eigenvalue weighted by Crippen LogP contribution is 2.66. The Kier molecular flexibility index (Phi) is 7.28. The van der Waals surface area contributed by atoms with Crippen molar-refractivity contribution in [1.82, 2.24) is 4.90 Å². The fourth-order valence-corrected chi connectivity index (χ4v) is 8.75. The van der Waals surface area contributed by atoms with Gasteiger partial charge in [0.15, 0.2) is 26.9 Å². The Morgan fingerprint density at radius 2 is 1.62 bits per heavy atom. The highest BCUT2D eigenvalue weighted by Gasteiger charge is 2.76. The molecule has 0 spiro atoms. The van der Waals surface area contributed by atoms with Gasteiger partial charge in [-0.2, -0.15) is 0 Å². The first-order chi connectivity index (χ1) is 22.0. The van der Waals surface area contributed by atoms with E-state index in [0.29, 0.717) is 10.5 Å². The van der Waals surface area contributed by atoms with Gasteiger partial charge in [0.2, 0.25) is 11.8 Å². The monoisotopic (exact) mass is 687 g/mol. The number of para-hydroxylation sites is 1. The van der Waals surface area contributed by atoms with Crippen molar-refractivity contribution >= 4 is 69.6 Å². The maximum atomic E-state index is 14.3. The van der Waals surface area contributed by atoms with Crippen LogP contribution in [-0.4, -0.2) is 81.5 Å². The van der Waals surface area contributed by atoms with Crippen LogP contribution in [0.5, 0.6) is 11.5 Å². The number of hydrogen-bond acceptors (Lipinski definition) is 11. The molecule has 4 amide bonds. The molecule has 2 aromatic rings. The third-order valence-electron chi connectivity index (χ3n) is 9.73. The number of rotatable bonds is 6. The van der Waals surface area contributed by atoms with E-state index in [1.165, 1.54) is 45.3 Å². The number of carbonyl (C=O) groups is 4. The fraction of sp³-hybridized carbons (Fsp3) is 0.400. The number of anilines is 2. The number of nitro benzene ring substituents is 2. The summed E-state index contributed by atoms with van der Waals surface area (Å²) in [5.74, 6) is -7.98. The van der Waals surface area contributed by atoms with Gasteiger partial charge < -0.3 is 14.7 Å². The second-order valence-electron chi connectivity index (χ2n) is 12.1. The van der Waals surface area contributed by atoms with Gasteiger partial charge in [-0.25, -0.2) is 4.90 Å². The number of likely N-dealkylation sites (tertiary alicyclic amines) is 1. The van der Waals surface area contributed by atoms with Crippen LogP contribution in [0.1, 0.15) is 24.3 Å². The maximum absolute atomic E-state index is 14.3. The SMILES string of the molecule is COc1cccc(C2C3=CCC4C(=O)N(c5cc([N+](=O)[O-])c(N(C)C)c([N+](=O)[O-])c5)C(=O)C4C3CC3(Cl)C(=O)N(C)C(=O)C23Cl)c1O. The largest absolute Gasteiger partial charge is 0.504 e. The quantitative estimate of drug-likeness (QED) is 0.154. The van der Waals surface area contributed by atoms with Crippen molar-refractivity contribution < 1.29 is 38.9 Å². The maximum Gasteiger partial charge on any atom is 0.301 e. The Hall–Kier alpha value is -4.76. The van der Waals surface area contributed by atoms with E-state index in [2.05, 4.69) is 0 Å². The van der Waals surface area contributed by atoms with Gasteiger partial charge in [-0.15, -0.1) is 23.2 Å². The highest BCUT2D eigenvalue weighted by atomic mass is 35.5. The van der Waals surface area contributed by atoms with Gasteiger partial charge in [0, 0.05) is 44.8 Å². The molecule has 6 rings (SSSR count). The third kappa shape index (κ3) is 4.11. The molecular weight excluding hydrogens is 661 g/mol. The van der Waals surface area contributed by atoms with Gasteiger partial charge in [0.05, 0.1) is 34.5 Å². The minimum absolute atomic E-state index is 0.0427. The van der Waals surface area contributed by atoms with Crippen LogP contribution in [0.4, 0.5) is 22.7 Å². The number of alkyl halides is 2. The summed E-state index contributed by atoms with van der Waals surface area (Å²) < 4.78 is 5.28. The lowest BCUT2D eigenvalue weighted by atomic mass is 9.56. The Morgan fingerprint density at radius 3 is 2.17 bits per heavy atom. The lowest BCUT2D eigenvalue weighted by Crippen LogP contribution is -2.60. The first-order valence-corrected chi connectivity index (χ1v) is 15.1. The molecule has 2 aromatic carbocycles. The molecule has 0 radical (unpaired) electrons. The van der Waals surface area contributed by atoms with E-state index in [1.807, 2.05) is 0 Å². The molecule has 2 saturated heterocycles. The lowest BCUT2D eigenvalue weighted by Gasteiger charge is -2.50. The summed E-state index contributed by atoms with van der Waals surface area (Å²) >= 11 is 14.3. The summed E-state index contributed by atoms with van der Waals surface area (Å²) in [5.41, 5.74) is -1.57. The van der Waals surface area contributed by atoms with E-state index in [9.17, 15) is 44.5 Å². The number of amides is 4. The van der Waals surface area contributed by atoms with Gasteiger partial charge in [0.25, 0.3) is 11.8 Å². The molecule has 6 unspecified atom stereocenters. The molecule has 1 N–H and O–H groups in total. The second kappa shape index (κ2) is 10.6. The molecule has 2 aliphatic heterocycles. The molecule has 47 heavy (non-hydrogen) atoms. The molecule has 1 saturated carbocycles. The number of aromatic hydroxyl groups is 1. The number of allylic oxidation sites excluding steroid dienone is 2. The molecule has 3 fully saturated rings. The third-order valence-corrected chi connectivity index (χ3v) is 11.1. The molecule has 6 atom stereocenters. The van der Waals surface area contributed by atoms with Crippen molar-refractivity contribution in [3.63, 3.8) is 0 Å². The number of hydrogen-bond donors (Lipinski definition) is 1. The van der Waals surface area contributed by atoms with E-state index in [1.54, 1.807) is 12.1 Å². The number of fused-ring (bicyclic) bond motifs is 4. The Morgan fingerprint density at radius 1 is 1.00 bits per heavy atom.